The zero-order chi connectivity index (χ0) is 11.6. The van der Waals surface area contributed by atoms with Gasteiger partial charge in [0.05, 0.1) is 5.75 Å². The highest BCUT2D eigenvalue weighted by molar-refractivity contribution is 7.94. The van der Waals surface area contributed by atoms with Crippen LogP contribution in [0, 0.1) is 5.92 Å². The Kier molecular flexibility index (Phi) is 3.33. The lowest BCUT2D eigenvalue weighted by atomic mass is 10.1. The van der Waals surface area contributed by atoms with Crippen LogP contribution in [0.25, 0.3) is 0 Å². The number of piperidine rings is 1. The minimum atomic E-state index is -3.02. The van der Waals surface area contributed by atoms with Crippen molar-refractivity contribution >= 4 is 15.7 Å². The summed E-state index contributed by atoms with van der Waals surface area (Å²) in [6.45, 7) is 1.67. The van der Waals surface area contributed by atoms with Crippen molar-refractivity contribution in [3.63, 3.8) is 0 Å². The summed E-state index contributed by atoms with van der Waals surface area (Å²) in [4.78, 5) is 13.7. The van der Waals surface area contributed by atoms with E-state index >= 15 is 0 Å². The predicted molar refractivity (Wildman–Crippen MR) is 61.5 cm³/mol. The second kappa shape index (κ2) is 4.57. The van der Waals surface area contributed by atoms with Crippen molar-refractivity contribution in [1.82, 2.24) is 4.90 Å². The molecule has 90 valence electrons. The standard InChI is InChI=1S/C11H17NO3S/c13-11(12-5-2-1-3-6-12)8-10-4-7-16(14,15)9-10/h4,7,10H,1-3,5-6,8-9H2. The second-order valence-electron chi connectivity index (χ2n) is 4.56. The molecule has 1 atom stereocenters. The summed E-state index contributed by atoms with van der Waals surface area (Å²) in [6.07, 6.45) is 5.34. The topological polar surface area (TPSA) is 54.5 Å². The number of hydrogen-bond acceptors (Lipinski definition) is 3. The van der Waals surface area contributed by atoms with E-state index < -0.39 is 9.84 Å². The van der Waals surface area contributed by atoms with Gasteiger partial charge in [-0.2, -0.15) is 0 Å². The first-order valence-corrected chi connectivity index (χ1v) is 7.47. The third-order valence-corrected chi connectivity index (χ3v) is 4.61. The molecular weight excluding hydrogens is 226 g/mol. The van der Waals surface area contributed by atoms with Crippen LogP contribution >= 0.6 is 0 Å². The third-order valence-electron chi connectivity index (χ3n) is 3.15. The number of likely N-dealkylation sites (tertiary alicyclic amines) is 1. The van der Waals surface area contributed by atoms with Crippen molar-refractivity contribution in [3.05, 3.63) is 11.5 Å². The van der Waals surface area contributed by atoms with Crippen molar-refractivity contribution in [1.29, 1.82) is 0 Å². The summed E-state index contributed by atoms with van der Waals surface area (Å²) in [5.41, 5.74) is 0. The van der Waals surface area contributed by atoms with E-state index in [0.29, 0.717) is 6.42 Å². The Labute approximate surface area is 96.2 Å². The largest absolute Gasteiger partial charge is 0.343 e. The van der Waals surface area contributed by atoms with Gasteiger partial charge < -0.3 is 4.90 Å². The Bertz CT molecular complexity index is 393. The van der Waals surface area contributed by atoms with Crippen molar-refractivity contribution in [2.75, 3.05) is 18.8 Å². The maximum Gasteiger partial charge on any atom is 0.223 e. The van der Waals surface area contributed by atoms with Crippen molar-refractivity contribution in [2.45, 2.75) is 25.7 Å². The number of carbonyl (C=O) groups excluding carboxylic acids is 1. The quantitative estimate of drug-likeness (QED) is 0.725. The molecular formula is C11H17NO3S. The van der Waals surface area contributed by atoms with Crippen molar-refractivity contribution in [3.8, 4) is 0 Å². The average molecular weight is 243 g/mol. The first-order chi connectivity index (χ1) is 7.57. The number of rotatable bonds is 2. The molecule has 0 saturated carbocycles. The van der Waals surface area contributed by atoms with E-state index in [1.165, 1.54) is 11.8 Å². The van der Waals surface area contributed by atoms with Crippen LogP contribution in [0.2, 0.25) is 0 Å². The van der Waals surface area contributed by atoms with Gasteiger partial charge in [-0.05, 0) is 19.3 Å². The molecule has 0 radical (unpaired) electrons. The van der Waals surface area contributed by atoms with Crippen LogP contribution in [0.5, 0.6) is 0 Å². The molecule has 16 heavy (non-hydrogen) atoms. The monoisotopic (exact) mass is 243 g/mol. The van der Waals surface area contributed by atoms with Crippen molar-refractivity contribution in [2.24, 2.45) is 5.92 Å². The fraction of sp³-hybridized carbons (Fsp3) is 0.727. The molecule has 2 rings (SSSR count). The Morgan fingerprint density at radius 2 is 1.94 bits per heavy atom. The second-order valence-corrected chi connectivity index (χ2v) is 6.49. The van der Waals surface area contributed by atoms with E-state index in [9.17, 15) is 13.2 Å². The van der Waals surface area contributed by atoms with Crippen LogP contribution in [0.3, 0.4) is 0 Å². The van der Waals surface area contributed by atoms with Crippen LogP contribution in [-0.4, -0.2) is 38.1 Å². The fourth-order valence-corrected chi connectivity index (χ4v) is 3.66. The van der Waals surface area contributed by atoms with Gasteiger partial charge in [0, 0.05) is 30.8 Å². The summed E-state index contributed by atoms with van der Waals surface area (Å²) in [6, 6.07) is 0. The first-order valence-electron chi connectivity index (χ1n) is 5.75. The molecule has 0 aromatic rings. The van der Waals surface area contributed by atoms with Crippen LogP contribution in [0.4, 0.5) is 0 Å². The number of allylic oxidation sites excluding steroid dienone is 1. The lowest BCUT2D eigenvalue weighted by Crippen LogP contribution is -2.36. The van der Waals surface area contributed by atoms with E-state index in [1.807, 2.05) is 4.90 Å². The van der Waals surface area contributed by atoms with Crippen LogP contribution in [0.15, 0.2) is 11.5 Å². The normalized spacial score (nSPS) is 28.2. The highest BCUT2D eigenvalue weighted by atomic mass is 32.2. The van der Waals surface area contributed by atoms with Crippen LogP contribution in [-0.2, 0) is 14.6 Å². The molecule has 1 amide bonds. The molecule has 1 fully saturated rings. The van der Waals surface area contributed by atoms with Gasteiger partial charge in [0.25, 0.3) is 0 Å². The molecule has 5 heteroatoms. The van der Waals surface area contributed by atoms with Gasteiger partial charge in [0.1, 0.15) is 0 Å². The summed E-state index contributed by atoms with van der Waals surface area (Å²) >= 11 is 0. The van der Waals surface area contributed by atoms with Gasteiger partial charge in [0.15, 0.2) is 9.84 Å². The molecule has 1 unspecified atom stereocenters. The molecule has 2 heterocycles. The molecule has 0 N–H and O–H groups in total. The molecule has 0 aromatic carbocycles. The zero-order valence-electron chi connectivity index (χ0n) is 9.26. The minimum absolute atomic E-state index is 0.103. The Morgan fingerprint density at radius 3 is 2.50 bits per heavy atom. The molecule has 1 saturated heterocycles. The molecule has 0 bridgehead atoms. The highest BCUT2D eigenvalue weighted by Crippen LogP contribution is 2.20. The fourth-order valence-electron chi connectivity index (χ4n) is 2.26. The number of sulfone groups is 1. The maximum atomic E-state index is 11.9. The third kappa shape index (κ3) is 2.84. The smallest absolute Gasteiger partial charge is 0.223 e. The van der Waals surface area contributed by atoms with E-state index in [1.54, 1.807) is 6.08 Å². The summed E-state index contributed by atoms with van der Waals surface area (Å²) in [7, 11) is -3.02. The zero-order valence-corrected chi connectivity index (χ0v) is 10.1. The number of carbonyl (C=O) groups is 1. The summed E-state index contributed by atoms with van der Waals surface area (Å²) < 4.78 is 22.4. The van der Waals surface area contributed by atoms with Gasteiger partial charge >= 0.3 is 0 Å². The lowest BCUT2D eigenvalue weighted by molar-refractivity contribution is -0.132. The molecule has 0 spiro atoms. The number of hydrogen-bond donors (Lipinski definition) is 0. The molecule has 2 aliphatic heterocycles. The Balaban J connectivity index is 1.86. The van der Waals surface area contributed by atoms with Gasteiger partial charge in [-0.25, -0.2) is 8.42 Å². The molecule has 0 aliphatic carbocycles. The first kappa shape index (κ1) is 11.6. The van der Waals surface area contributed by atoms with Gasteiger partial charge in [-0.3, -0.25) is 4.79 Å². The Morgan fingerprint density at radius 1 is 1.25 bits per heavy atom. The molecule has 4 nitrogen and oxygen atoms in total. The minimum Gasteiger partial charge on any atom is -0.343 e. The lowest BCUT2D eigenvalue weighted by Gasteiger charge is -2.27. The van der Waals surface area contributed by atoms with Gasteiger partial charge in [-0.15, -0.1) is 0 Å². The maximum absolute atomic E-state index is 11.9. The summed E-state index contributed by atoms with van der Waals surface area (Å²) in [5.74, 6) is 0.0953. The number of amides is 1. The van der Waals surface area contributed by atoms with Gasteiger partial charge in [0.2, 0.25) is 5.91 Å². The van der Waals surface area contributed by atoms with Crippen molar-refractivity contribution < 1.29 is 13.2 Å². The number of nitrogens with zero attached hydrogens (tertiary/aromatic N) is 1. The molecule has 0 aromatic heterocycles. The van der Waals surface area contributed by atoms with E-state index in [2.05, 4.69) is 0 Å². The Hall–Kier alpha value is -0.840. The van der Waals surface area contributed by atoms with Crippen LogP contribution in [0.1, 0.15) is 25.7 Å². The van der Waals surface area contributed by atoms with E-state index in [0.717, 1.165) is 25.9 Å². The van der Waals surface area contributed by atoms with E-state index in [4.69, 9.17) is 0 Å². The predicted octanol–water partition coefficient (Wildman–Crippen LogP) is 0.947. The van der Waals surface area contributed by atoms with Gasteiger partial charge in [-0.1, -0.05) is 6.08 Å². The average Bonchev–Trinajstić information content (AvgIpc) is 2.59. The highest BCUT2D eigenvalue weighted by Gasteiger charge is 2.26. The van der Waals surface area contributed by atoms with Crippen LogP contribution < -0.4 is 0 Å². The summed E-state index contributed by atoms with van der Waals surface area (Å²) in [5, 5.41) is 1.24. The SMILES string of the molecule is O=C(CC1C=CS(=O)(=O)C1)N1CCCCC1. The molecule has 2 aliphatic rings. The van der Waals surface area contributed by atoms with E-state index in [-0.39, 0.29) is 17.6 Å².